The number of rotatable bonds is 11. The summed E-state index contributed by atoms with van der Waals surface area (Å²) in [5.41, 5.74) is 1.16. The first-order valence-corrected chi connectivity index (χ1v) is 12.8. The van der Waals surface area contributed by atoms with Gasteiger partial charge in [-0.2, -0.15) is 0 Å². The highest BCUT2D eigenvalue weighted by molar-refractivity contribution is 5.85. The lowest BCUT2D eigenvalue weighted by Crippen LogP contribution is -2.43. The second kappa shape index (κ2) is 12.3. The zero-order valence-corrected chi connectivity index (χ0v) is 21.4. The van der Waals surface area contributed by atoms with Gasteiger partial charge in [0.2, 0.25) is 0 Å². The Morgan fingerprint density at radius 3 is 2.45 bits per heavy atom. The van der Waals surface area contributed by atoms with Gasteiger partial charge in [0, 0.05) is 49.0 Å². The number of benzene rings is 2. The van der Waals surface area contributed by atoms with Gasteiger partial charge in [-0.1, -0.05) is 0 Å². The van der Waals surface area contributed by atoms with Crippen molar-refractivity contribution in [1.29, 1.82) is 0 Å². The molecule has 2 aromatic carbocycles. The van der Waals surface area contributed by atoms with Crippen molar-refractivity contribution < 1.29 is 33.2 Å². The number of fused-ring (bicyclic) bond motifs is 1. The van der Waals surface area contributed by atoms with Gasteiger partial charge in [0.15, 0.2) is 11.6 Å². The van der Waals surface area contributed by atoms with Crippen LogP contribution in [0.2, 0.25) is 0 Å². The topological polar surface area (TPSA) is 98.1 Å². The van der Waals surface area contributed by atoms with Crippen LogP contribution >= 0.6 is 0 Å². The van der Waals surface area contributed by atoms with Gasteiger partial charge in [0.05, 0.1) is 25.3 Å². The predicted octanol–water partition coefficient (Wildman–Crippen LogP) is 4.15. The summed E-state index contributed by atoms with van der Waals surface area (Å²) in [5, 5.41) is 34.8. The summed E-state index contributed by atoms with van der Waals surface area (Å²) in [5.74, 6) is -2.27. The summed E-state index contributed by atoms with van der Waals surface area (Å²) >= 11 is 0. The fraction of sp³-hybridized carbons (Fsp3) is 0.464. The molecule has 206 valence electrons. The summed E-state index contributed by atoms with van der Waals surface area (Å²) in [4.78, 5) is 6.52. The minimum atomic E-state index is -0.969. The minimum absolute atomic E-state index is 0.0183. The molecule has 4 rings (SSSR count). The van der Waals surface area contributed by atoms with Crippen molar-refractivity contribution in [1.82, 2.24) is 9.88 Å². The van der Waals surface area contributed by atoms with Crippen molar-refractivity contribution in [2.24, 2.45) is 5.41 Å². The highest BCUT2D eigenvalue weighted by Crippen LogP contribution is 2.39. The number of aromatic nitrogens is 1. The highest BCUT2D eigenvalue weighted by Gasteiger charge is 2.34. The number of likely N-dealkylation sites (tertiary alicyclic amines) is 1. The first-order chi connectivity index (χ1) is 18.3. The lowest BCUT2D eigenvalue weighted by atomic mass is 9.74. The quantitative estimate of drug-likeness (QED) is 0.294. The predicted molar refractivity (Wildman–Crippen MR) is 138 cm³/mol. The molecule has 1 aliphatic heterocycles. The number of aliphatic hydroxyl groups is 3. The number of pyridine rings is 1. The molecule has 0 spiro atoms. The van der Waals surface area contributed by atoms with Crippen molar-refractivity contribution in [3.05, 3.63) is 65.1 Å². The molecule has 1 fully saturated rings. The van der Waals surface area contributed by atoms with E-state index in [1.165, 1.54) is 0 Å². The smallest absolute Gasteiger partial charge is 0.152 e. The van der Waals surface area contributed by atoms with Crippen molar-refractivity contribution in [2.45, 2.75) is 38.4 Å². The molecule has 0 saturated carbocycles. The fourth-order valence-corrected chi connectivity index (χ4v) is 5.26. The van der Waals surface area contributed by atoms with Gasteiger partial charge in [0.25, 0.3) is 0 Å². The van der Waals surface area contributed by atoms with Gasteiger partial charge in [-0.05, 0) is 68.0 Å². The first kappa shape index (κ1) is 28.1. The average molecular weight is 534 g/mol. The third kappa shape index (κ3) is 6.20. The molecule has 4 N–H and O–H groups in total. The first-order valence-electron chi connectivity index (χ1n) is 12.8. The zero-order valence-electron chi connectivity index (χ0n) is 21.4. The maximum absolute atomic E-state index is 13.8. The molecule has 0 unspecified atom stereocenters. The Morgan fingerprint density at radius 1 is 1.11 bits per heavy atom. The van der Waals surface area contributed by atoms with Crippen LogP contribution in [-0.4, -0.2) is 65.1 Å². The van der Waals surface area contributed by atoms with Crippen LogP contribution in [0.1, 0.15) is 42.9 Å². The van der Waals surface area contributed by atoms with Gasteiger partial charge < -0.3 is 30.3 Å². The van der Waals surface area contributed by atoms with Crippen LogP contribution in [-0.2, 0) is 6.61 Å². The van der Waals surface area contributed by atoms with E-state index in [2.05, 4.69) is 15.2 Å². The number of nitrogens with zero attached hydrogens (tertiary/aromatic N) is 2. The second-order valence-corrected chi connectivity index (χ2v) is 9.96. The van der Waals surface area contributed by atoms with Gasteiger partial charge in [-0.25, -0.2) is 13.2 Å². The Morgan fingerprint density at radius 2 is 1.82 bits per heavy atom. The van der Waals surface area contributed by atoms with Crippen LogP contribution < -0.4 is 10.1 Å². The monoisotopic (exact) mass is 533 g/mol. The van der Waals surface area contributed by atoms with E-state index in [1.807, 2.05) is 6.07 Å². The van der Waals surface area contributed by atoms with Crippen molar-refractivity contribution in [3.8, 4) is 5.75 Å². The Bertz CT molecular complexity index is 1220. The molecular formula is C28H34F3N3O4. The molecule has 1 aromatic heterocycles. The maximum Gasteiger partial charge on any atom is 0.152 e. The minimum Gasteiger partial charge on any atom is -0.497 e. The van der Waals surface area contributed by atoms with E-state index in [4.69, 9.17) is 4.74 Å². The molecule has 0 aliphatic carbocycles. The zero-order chi connectivity index (χ0) is 27.3. The lowest BCUT2D eigenvalue weighted by molar-refractivity contribution is 0.0246. The maximum atomic E-state index is 13.8. The third-order valence-electron chi connectivity index (χ3n) is 7.64. The highest BCUT2D eigenvalue weighted by atomic mass is 19.1. The Labute approximate surface area is 219 Å². The number of hydrogen-bond donors (Lipinski definition) is 4. The van der Waals surface area contributed by atoms with Gasteiger partial charge in [-0.15, -0.1) is 0 Å². The largest absolute Gasteiger partial charge is 0.497 e. The summed E-state index contributed by atoms with van der Waals surface area (Å²) < 4.78 is 46.1. The molecule has 0 amide bonds. The number of aliphatic hydroxyl groups excluding tert-OH is 3. The number of hydrogen-bond acceptors (Lipinski definition) is 7. The van der Waals surface area contributed by atoms with Gasteiger partial charge in [0.1, 0.15) is 17.3 Å². The average Bonchev–Trinajstić information content (AvgIpc) is 2.92. The summed E-state index contributed by atoms with van der Waals surface area (Å²) in [6.45, 7) is 1.91. The number of halogens is 3. The molecule has 0 radical (unpaired) electrons. The third-order valence-corrected chi connectivity index (χ3v) is 7.64. The van der Waals surface area contributed by atoms with Crippen LogP contribution in [0.4, 0.5) is 18.9 Å². The molecule has 0 bridgehead atoms. The van der Waals surface area contributed by atoms with Crippen LogP contribution in [0, 0.1) is 22.9 Å². The SMILES string of the molecule is COc1ccc2ncc(CO)c([C@@H](O)CCC3(CO)CCN(CCNc4c(F)cc(F)cc4F)CC3)c2c1. The van der Waals surface area contributed by atoms with Crippen LogP contribution in [0.3, 0.4) is 0 Å². The van der Waals surface area contributed by atoms with E-state index >= 15 is 0 Å². The van der Waals surface area contributed by atoms with Crippen molar-refractivity contribution in [3.63, 3.8) is 0 Å². The normalized spacial score (nSPS) is 16.5. The summed E-state index contributed by atoms with van der Waals surface area (Å²) in [7, 11) is 1.56. The van der Waals surface area contributed by atoms with Crippen molar-refractivity contribution in [2.75, 3.05) is 45.2 Å². The summed E-state index contributed by atoms with van der Waals surface area (Å²) in [6, 6.07) is 6.69. The molecule has 1 saturated heterocycles. The molecule has 1 aliphatic rings. The van der Waals surface area contributed by atoms with Crippen LogP contribution in [0.5, 0.6) is 5.75 Å². The number of nitrogens with one attached hydrogen (secondary N) is 1. The summed E-state index contributed by atoms with van der Waals surface area (Å²) in [6.07, 6.45) is 3.10. The Hall–Kier alpha value is -2.92. The number of methoxy groups -OCH3 is 1. The Balaban J connectivity index is 1.35. The molecule has 1 atom stereocenters. The lowest BCUT2D eigenvalue weighted by Gasteiger charge is -2.41. The molecule has 2 heterocycles. The Kier molecular flexibility index (Phi) is 9.09. The molecule has 10 heteroatoms. The fourth-order valence-electron chi connectivity index (χ4n) is 5.26. The van der Waals surface area contributed by atoms with E-state index in [0.717, 1.165) is 5.39 Å². The number of anilines is 1. The van der Waals surface area contributed by atoms with Gasteiger partial charge >= 0.3 is 0 Å². The van der Waals surface area contributed by atoms with E-state index < -0.39 is 23.6 Å². The standard InChI is InChI=1S/C28H34F3N3O4/c1-38-20-2-3-24-21(14-20)26(18(16-35)15-33-24)25(37)4-5-28(17-36)6-9-34(10-7-28)11-8-32-27-22(30)12-19(29)13-23(27)31/h2-3,12-15,25,32,35-37H,4-11,16-17H2,1H3/t25-/m0/s1. The number of piperidine rings is 1. The second-order valence-electron chi connectivity index (χ2n) is 9.96. The molecule has 38 heavy (non-hydrogen) atoms. The number of ether oxygens (including phenoxy) is 1. The van der Waals surface area contributed by atoms with Gasteiger partial charge in [-0.3, -0.25) is 4.98 Å². The van der Waals surface area contributed by atoms with E-state index in [1.54, 1.807) is 25.4 Å². The van der Waals surface area contributed by atoms with E-state index in [0.29, 0.717) is 79.8 Å². The van der Waals surface area contributed by atoms with Crippen LogP contribution in [0.15, 0.2) is 36.5 Å². The molecular weight excluding hydrogens is 499 g/mol. The molecule has 7 nitrogen and oxygen atoms in total. The molecule has 3 aromatic rings. The van der Waals surface area contributed by atoms with E-state index in [9.17, 15) is 28.5 Å². The van der Waals surface area contributed by atoms with Crippen LogP contribution in [0.25, 0.3) is 10.9 Å². The van der Waals surface area contributed by atoms with Crippen molar-refractivity contribution >= 4 is 16.6 Å². The van der Waals surface area contributed by atoms with E-state index in [-0.39, 0.29) is 30.9 Å².